The van der Waals surface area contributed by atoms with Gasteiger partial charge in [0.05, 0.1) is 0 Å². The highest BCUT2D eigenvalue weighted by Crippen LogP contribution is 2.30. The highest BCUT2D eigenvalue weighted by Gasteiger charge is 2.12. The molecule has 3 aromatic rings. The van der Waals surface area contributed by atoms with Crippen molar-refractivity contribution in [3.05, 3.63) is 77.5 Å². The quantitative estimate of drug-likeness (QED) is 0.470. The summed E-state index contributed by atoms with van der Waals surface area (Å²) in [5.41, 5.74) is 3.41. The molecule has 0 heterocycles. The average Bonchev–Trinajstić information content (AvgIpc) is 2.66. The number of hydrogen-bond acceptors (Lipinski definition) is 4. The van der Waals surface area contributed by atoms with E-state index < -0.39 is 5.91 Å². The molecule has 1 amide bonds. The van der Waals surface area contributed by atoms with E-state index in [4.69, 9.17) is 0 Å². The van der Waals surface area contributed by atoms with Gasteiger partial charge in [-0.05, 0) is 43.2 Å². The minimum atomic E-state index is -0.522. The summed E-state index contributed by atoms with van der Waals surface area (Å²) in [4.78, 5) is 12.5. The van der Waals surface area contributed by atoms with Gasteiger partial charge >= 0.3 is 0 Å². The molecule has 5 heteroatoms. The topological polar surface area (TPSA) is 85.2 Å². The van der Waals surface area contributed by atoms with Crippen molar-refractivity contribution in [3.63, 3.8) is 0 Å². The van der Waals surface area contributed by atoms with E-state index in [0.29, 0.717) is 16.5 Å². The number of anilines is 2. The number of carbonyl (C=O) groups is 1. The molecular formula is C22H19N3O2. The van der Waals surface area contributed by atoms with Crippen LogP contribution < -0.4 is 10.6 Å². The first-order valence-corrected chi connectivity index (χ1v) is 8.45. The van der Waals surface area contributed by atoms with Crippen molar-refractivity contribution in [2.45, 2.75) is 13.8 Å². The van der Waals surface area contributed by atoms with E-state index in [1.165, 1.54) is 6.20 Å². The predicted molar refractivity (Wildman–Crippen MR) is 107 cm³/mol. The van der Waals surface area contributed by atoms with Crippen LogP contribution in [-0.4, -0.2) is 11.0 Å². The summed E-state index contributed by atoms with van der Waals surface area (Å²) in [5.74, 6) is -0.387. The van der Waals surface area contributed by atoms with Crippen molar-refractivity contribution in [3.8, 4) is 11.8 Å². The highest BCUT2D eigenvalue weighted by atomic mass is 16.3. The maximum Gasteiger partial charge on any atom is 0.267 e. The zero-order valence-electron chi connectivity index (χ0n) is 15.1. The number of benzene rings is 3. The molecule has 0 saturated heterocycles. The largest absolute Gasteiger partial charge is 0.507 e. The normalized spacial score (nSPS) is 11.1. The number of amides is 1. The number of nitrogens with zero attached hydrogens (tertiary/aromatic N) is 1. The number of phenolic OH excluding ortho intramolecular Hbond substituents is 1. The number of nitrogens with one attached hydrogen (secondary N) is 2. The summed E-state index contributed by atoms with van der Waals surface area (Å²) in [6, 6.07) is 18.2. The van der Waals surface area contributed by atoms with Crippen LogP contribution in [0.15, 0.2) is 66.4 Å². The summed E-state index contributed by atoms with van der Waals surface area (Å²) in [5, 5.41) is 26.4. The van der Waals surface area contributed by atoms with Crippen LogP contribution in [0.4, 0.5) is 11.4 Å². The molecule has 27 heavy (non-hydrogen) atoms. The standard InChI is InChI=1S/C22H19N3O2/c1-14-9-10-15(2)20(11-14)24-13-16(12-23)22(27)25-19-7-3-6-18-17(19)5-4-8-21(18)26/h3-11,13,24,26H,1-2H3,(H,25,27)/b16-13-. The smallest absolute Gasteiger partial charge is 0.267 e. The van der Waals surface area contributed by atoms with Crippen molar-refractivity contribution in [2.75, 3.05) is 10.6 Å². The second kappa shape index (κ2) is 7.63. The van der Waals surface area contributed by atoms with Gasteiger partial charge in [0.2, 0.25) is 0 Å². The first-order valence-electron chi connectivity index (χ1n) is 8.45. The van der Waals surface area contributed by atoms with Crippen LogP contribution in [0, 0.1) is 25.2 Å². The van der Waals surface area contributed by atoms with E-state index in [2.05, 4.69) is 10.6 Å². The molecule has 0 bridgehead atoms. The maximum atomic E-state index is 12.5. The Labute approximate surface area is 157 Å². The molecule has 134 valence electrons. The van der Waals surface area contributed by atoms with Gasteiger partial charge in [-0.25, -0.2) is 0 Å². The van der Waals surface area contributed by atoms with Crippen molar-refractivity contribution in [1.82, 2.24) is 0 Å². The Bertz CT molecular complexity index is 1090. The zero-order valence-corrected chi connectivity index (χ0v) is 15.1. The molecule has 0 aromatic heterocycles. The lowest BCUT2D eigenvalue weighted by atomic mass is 10.1. The van der Waals surface area contributed by atoms with Crippen molar-refractivity contribution < 1.29 is 9.90 Å². The Kier molecular flexibility index (Phi) is 5.09. The molecule has 0 saturated carbocycles. The van der Waals surface area contributed by atoms with E-state index in [-0.39, 0.29) is 11.3 Å². The molecule has 0 aliphatic rings. The predicted octanol–water partition coefficient (Wildman–Crippen LogP) is 4.62. The van der Waals surface area contributed by atoms with Crippen LogP contribution >= 0.6 is 0 Å². The molecule has 5 nitrogen and oxygen atoms in total. The van der Waals surface area contributed by atoms with Crippen LogP contribution in [0.5, 0.6) is 5.75 Å². The average molecular weight is 357 g/mol. The van der Waals surface area contributed by atoms with Gasteiger partial charge in [-0.3, -0.25) is 4.79 Å². The number of fused-ring (bicyclic) bond motifs is 1. The molecule has 0 spiro atoms. The Morgan fingerprint density at radius 3 is 2.56 bits per heavy atom. The molecule has 0 aliphatic carbocycles. The third-order valence-electron chi connectivity index (χ3n) is 4.28. The third kappa shape index (κ3) is 3.91. The molecule has 0 radical (unpaired) electrons. The lowest BCUT2D eigenvalue weighted by Gasteiger charge is -2.10. The number of phenols is 1. The SMILES string of the molecule is Cc1ccc(C)c(N/C=C(/C#N)C(=O)Nc2cccc3c(O)cccc23)c1. The summed E-state index contributed by atoms with van der Waals surface area (Å²) < 4.78 is 0. The summed E-state index contributed by atoms with van der Waals surface area (Å²) >= 11 is 0. The van der Waals surface area contributed by atoms with Gasteiger partial charge in [0, 0.05) is 28.3 Å². The first kappa shape index (κ1) is 18.0. The van der Waals surface area contributed by atoms with Gasteiger partial charge < -0.3 is 15.7 Å². The number of hydrogen-bond donors (Lipinski definition) is 3. The number of rotatable bonds is 4. The fraction of sp³-hybridized carbons (Fsp3) is 0.0909. The van der Waals surface area contributed by atoms with Gasteiger partial charge in [-0.1, -0.05) is 36.4 Å². The molecular weight excluding hydrogens is 338 g/mol. The maximum absolute atomic E-state index is 12.5. The Morgan fingerprint density at radius 1 is 1.04 bits per heavy atom. The van der Waals surface area contributed by atoms with E-state index in [1.807, 2.05) is 38.1 Å². The molecule has 3 N–H and O–H groups in total. The van der Waals surface area contributed by atoms with Crippen LogP contribution in [-0.2, 0) is 4.79 Å². The Hall–Kier alpha value is -3.78. The van der Waals surface area contributed by atoms with E-state index >= 15 is 0 Å². The number of aromatic hydroxyl groups is 1. The monoisotopic (exact) mass is 357 g/mol. The molecule has 0 fully saturated rings. The summed E-state index contributed by atoms with van der Waals surface area (Å²) in [6.07, 6.45) is 1.40. The summed E-state index contributed by atoms with van der Waals surface area (Å²) in [7, 11) is 0. The van der Waals surface area contributed by atoms with Crippen molar-refractivity contribution in [2.24, 2.45) is 0 Å². The fourth-order valence-electron chi connectivity index (χ4n) is 2.78. The molecule has 3 aromatic carbocycles. The van der Waals surface area contributed by atoms with Crippen LogP contribution in [0.3, 0.4) is 0 Å². The lowest BCUT2D eigenvalue weighted by Crippen LogP contribution is -2.15. The highest BCUT2D eigenvalue weighted by molar-refractivity contribution is 6.11. The minimum absolute atomic E-state index is 0.0481. The zero-order chi connectivity index (χ0) is 19.4. The number of aryl methyl sites for hydroxylation is 2. The summed E-state index contributed by atoms with van der Waals surface area (Å²) in [6.45, 7) is 3.92. The van der Waals surface area contributed by atoms with Crippen LogP contribution in [0.2, 0.25) is 0 Å². The van der Waals surface area contributed by atoms with Crippen LogP contribution in [0.1, 0.15) is 11.1 Å². The lowest BCUT2D eigenvalue weighted by molar-refractivity contribution is -0.112. The third-order valence-corrected chi connectivity index (χ3v) is 4.28. The van der Waals surface area contributed by atoms with Gasteiger partial charge in [0.25, 0.3) is 5.91 Å². The van der Waals surface area contributed by atoms with E-state index in [1.54, 1.807) is 36.4 Å². The second-order valence-corrected chi connectivity index (χ2v) is 6.26. The molecule has 0 atom stereocenters. The fourth-order valence-corrected chi connectivity index (χ4v) is 2.78. The van der Waals surface area contributed by atoms with Crippen molar-refractivity contribution in [1.29, 1.82) is 5.26 Å². The number of carbonyl (C=O) groups excluding carboxylic acids is 1. The van der Waals surface area contributed by atoms with E-state index in [9.17, 15) is 15.2 Å². The van der Waals surface area contributed by atoms with Crippen LogP contribution in [0.25, 0.3) is 10.8 Å². The Balaban J connectivity index is 1.85. The minimum Gasteiger partial charge on any atom is -0.507 e. The van der Waals surface area contributed by atoms with Gasteiger partial charge in [-0.15, -0.1) is 0 Å². The molecule has 0 unspecified atom stereocenters. The van der Waals surface area contributed by atoms with Gasteiger partial charge in [-0.2, -0.15) is 5.26 Å². The van der Waals surface area contributed by atoms with Gasteiger partial charge in [0.1, 0.15) is 17.4 Å². The molecule has 3 rings (SSSR count). The number of nitriles is 1. The van der Waals surface area contributed by atoms with Gasteiger partial charge in [0.15, 0.2) is 0 Å². The molecule has 0 aliphatic heterocycles. The Morgan fingerprint density at radius 2 is 1.78 bits per heavy atom. The second-order valence-electron chi connectivity index (χ2n) is 6.26. The van der Waals surface area contributed by atoms with Crippen molar-refractivity contribution >= 4 is 28.1 Å². The van der Waals surface area contributed by atoms with E-state index in [0.717, 1.165) is 16.8 Å². The first-order chi connectivity index (χ1) is 13.0.